The molecule has 6 heteroatoms. The monoisotopic (exact) mass is 423 g/mol. The molecule has 3 aromatic rings. The van der Waals surface area contributed by atoms with E-state index in [1.165, 1.54) is 5.56 Å². The first-order valence-corrected chi connectivity index (χ1v) is 12.2. The fourth-order valence-corrected chi connectivity index (χ4v) is 5.05. The fourth-order valence-electron chi connectivity index (χ4n) is 3.97. The molecule has 5 nitrogen and oxygen atoms in total. The van der Waals surface area contributed by atoms with Crippen molar-refractivity contribution in [2.75, 3.05) is 35.8 Å². The molecule has 0 saturated carbocycles. The second kappa shape index (κ2) is 9.06. The number of anilines is 2. The van der Waals surface area contributed by atoms with Crippen LogP contribution >= 0.6 is 0 Å². The Kier molecular flexibility index (Phi) is 6.25. The van der Waals surface area contributed by atoms with Crippen molar-refractivity contribution >= 4 is 32.2 Å². The summed E-state index contributed by atoms with van der Waals surface area (Å²) in [4.78, 5) is 2.64. The summed E-state index contributed by atoms with van der Waals surface area (Å²) in [7, 11) is -3.65. The lowest BCUT2D eigenvalue weighted by molar-refractivity contribution is 0.590. The average molecular weight is 424 g/mol. The molecule has 1 heterocycles. The summed E-state index contributed by atoms with van der Waals surface area (Å²) < 4.78 is 28.9. The number of aryl methyl sites for hydroxylation is 1. The van der Waals surface area contributed by atoms with Crippen molar-refractivity contribution in [2.45, 2.75) is 31.1 Å². The molecule has 1 aliphatic rings. The second-order valence-corrected chi connectivity index (χ2v) is 9.45. The number of rotatable bonds is 7. The van der Waals surface area contributed by atoms with Gasteiger partial charge in [0.25, 0.3) is 10.0 Å². The highest BCUT2D eigenvalue weighted by Crippen LogP contribution is 2.33. The van der Waals surface area contributed by atoms with E-state index in [2.05, 4.69) is 27.9 Å². The van der Waals surface area contributed by atoms with Crippen molar-refractivity contribution in [3.05, 3.63) is 66.2 Å². The van der Waals surface area contributed by atoms with Gasteiger partial charge in [-0.1, -0.05) is 49.7 Å². The minimum atomic E-state index is -3.65. The Hall–Kier alpha value is -2.57. The summed E-state index contributed by atoms with van der Waals surface area (Å²) in [5.41, 5.74) is 2.93. The van der Waals surface area contributed by atoms with Crippen LogP contribution in [0.1, 0.15) is 25.3 Å². The number of piperazine rings is 1. The molecule has 1 aliphatic heterocycles. The summed E-state index contributed by atoms with van der Waals surface area (Å²) in [5, 5.41) is 5.35. The Balaban J connectivity index is 1.63. The number of nitrogens with one attached hydrogen (secondary N) is 2. The van der Waals surface area contributed by atoms with Gasteiger partial charge in [0.1, 0.15) is 0 Å². The van der Waals surface area contributed by atoms with Gasteiger partial charge in [-0.25, -0.2) is 8.42 Å². The van der Waals surface area contributed by atoms with Crippen LogP contribution in [0.15, 0.2) is 65.6 Å². The normalized spacial score (nSPS) is 14.8. The summed E-state index contributed by atoms with van der Waals surface area (Å²) in [6.07, 6.45) is 3.21. The van der Waals surface area contributed by atoms with Crippen molar-refractivity contribution in [3.63, 3.8) is 0 Å². The SMILES string of the molecule is CCCCc1ccc(S(=O)(=O)Nc2ccc(N3CCNCC3)c3ccccc23)cc1. The Labute approximate surface area is 179 Å². The molecular formula is C24H29N3O2S. The lowest BCUT2D eigenvalue weighted by Gasteiger charge is -2.30. The molecule has 0 unspecified atom stereocenters. The summed E-state index contributed by atoms with van der Waals surface area (Å²) in [6, 6.07) is 19.1. The second-order valence-electron chi connectivity index (χ2n) is 7.77. The average Bonchev–Trinajstić information content (AvgIpc) is 2.78. The molecule has 158 valence electrons. The van der Waals surface area contributed by atoms with Crippen molar-refractivity contribution in [2.24, 2.45) is 0 Å². The minimum Gasteiger partial charge on any atom is -0.368 e. The number of fused-ring (bicyclic) bond motifs is 1. The largest absolute Gasteiger partial charge is 0.368 e. The van der Waals surface area contributed by atoms with E-state index < -0.39 is 10.0 Å². The zero-order valence-corrected chi connectivity index (χ0v) is 18.2. The van der Waals surface area contributed by atoms with E-state index in [1.807, 2.05) is 42.5 Å². The van der Waals surface area contributed by atoms with E-state index in [4.69, 9.17) is 0 Å². The van der Waals surface area contributed by atoms with Crippen LogP contribution in [0.5, 0.6) is 0 Å². The number of nitrogens with zero attached hydrogens (tertiary/aromatic N) is 1. The number of hydrogen-bond donors (Lipinski definition) is 2. The summed E-state index contributed by atoms with van der Waals surface area (Å²) in [5.74, 6) is 0. The third kappa shape index (κ3) is 4.45. The minimum absolute atomic E-state index is 0.290. The zero-order valence-electron chi connectivity index (χ0n) is 17.4. The summed E-state index contributed by atoms with van der Waals surface area (Å²) in [6.45, 7) is 5.95. The highest BCUT2D eigenvalue weighted by Gasteiger charge is 2.18. The van der Waals surface area contributed by atoms with Gasteiger partial charge in [-0.05, 0) is 42.7 Å². The first-order chi connectivity index (χ1) is 14.6. The topological polar surface area (TPSA) is 61.4 Å². The molecular weight excluding hydrogens is 394 g/mol. The first-order valence-electron chi connectivity index (χ1n) is 10.7. The molecule has 3 aromatic carbocycles. The third-order valence-electron chi connectivity index (χ3n) is 5.66. The number of sulfonamides is 1. The molecule has 1 saturated heterocycles. The standard InChI is InChI=1S/C24H29N3O2S/c1-2-3-6-19-9-11-20(12-10-19)30(28,29)26-23-13-14-24(27-17-15-25-16-18-27)22-8-5-4-7-21(22)23/h4-5,7-14,25-26H,2-3,6,15-18H2,1H3. The van der Waals surface area contributed by atoms with Gasteiger partial charge in [0.15, 0.2) is 0 Å². The Morgan fingerprint density at radius 1 is 0.933 bits per heavy atom. The van der Waals surface area contributed by atoms with Gasteiger partial charge in [0, 0.05) is 42.6 Å². The Bertz CT molecular complexity index is 1110. The lowest BCUT2D eigenvalue weighted by Crippen LogP contribution is -2.43. The van der Waals surface area contributed by atoms with Crippen LogP contribution in [0, 0.1) is 0 Å². The molecule has 0 amide bonds. The number of unbranched alkanes of at least 4 members (excludes halogenated alkanes) is 1. The quantitative estimate of drug-likeness (QED) is 0.592. The van der Waals surface area contributed by atoms with Gasteiger partial charge >= 0.3 is 0 Å². The molecule has 0 radical (unpaired) electrons. The maximum absolute atomic E-state index is 13.0. The molecule has 0 bridgehead atoms. The van der Waals surface area contributed by atoms with Gasteiger partial charge in [-0.3, -0.25) is 4.72 Å². The maximum atomic E-state index is 13.0. The van der Waals surface area contributed by atoms with E-state index in [0.717, 1.165) is 61.9 Å². The van der Waals surface area contributed by atoms with Crippen LogP contribution < -0.4 is 14.9 Å². The van der Waals surface area contributed by atoms with Crippen LogP contribution in [-0.4, -0.2) is 34.6 Å². The molecule has 0 atom stereocenters. The summed E-state index contributed by atoms with van der Waals surface area (Å²) >= 11 is 0. The van der Waals surface area contributed by atoms with Gasteiger partial charge in [0.05, 0.1) is 10.6 Å². The van der Waals surface area contributed by atoms with Crippen LogP contribution in [0.25, 0.3) is 10.8 Å². The first kappa shape index (κ1) is 20.7. The maximum Gasteiger partial charge on any atom is 0.261 e. The molecule has 1 fully saturated rings. The van der Waals surface area contributed by atoms with Crippen LogP contribution in [0.3, 0.4) is 0 Å². The van der Waals surface area contributed by atoms with Crippen LogP contribution in [0.4, 0.5) is 11.4 Å². The Morgan fingerprint density at radius 3 is 2.33 bits per heavy atom. The highest BCUT2D eigenvalue weighted by atomic mass is 32.2. The van der Waals surface area contributed by atoms with Crippen molar-refractivity contribution in [1.82, 2.24) is 5.32 Å². The number of hydrogen-bond acceptors (Lipinski definition) is 4. The van der Waals surface area contributed by atoms with E-state index in [0.29, 0.717) is 5.69 Å². The molecule has 2 N–H and O–H groups in total. The van der Waals surface area contributed by atoms with Crippen molar-refractivity contribution in [1.29, 1.82) is 0 Å². The molecule has 0 spiro atoms. The highest BCUT2D eigenvalue weighted by molar-refractivity contribution is 7.92. The fraction of sp³-hybridized carbons (Fsp3) is 0.333. The third-order valence-corrected chi connectivity index (χ3v) is 7.04. The van der Waals surface area contributed by atoms with Crippen molar-refractivity contribution in [3.8, 4) is 0 Å². The molecule has 0 aromatic heterocycles. The van der Waals surface area contributed by atoms with Crippen molar-refractivity contribution < 1.29 is 8.42 Å². The van der Waals surface area contributed by atoms with Gasteiger partial charge < -0.3 is 10.2 Å². The van der Waals surface area contributed by atoms with E-state index in [-0.39, 0.29) is 4.90 Å². The molecule has 30 heavy (non-hydrogen) atoms. The van der Waals surface area contributed by atoms with Gasteiger partial charge in [-0.15, -0.1) is 0 Å². The predicted octanol–water partition coefficient (Wildman–Crippen LogP) is 4.39. The lowest BCUT2D eigenvalue weighted by atomic mass is 10.1. The zero-order chi connectivity index (χ0) is 21.0. The smallest absolute Gasteiger partial charge is 0.261 e. The van der Waals surface area contributed by atoms with Crippen LogP contribution in [-0.2, 0) is 16.4 Å². The van der Waals surface area contributed by atoms with E-state index in [1.54, 1.807) is 12.1 Å². The van der Waals surface area contributed by atoms with Gasteiger partial charge in [-0.2, -0.15) is 0 Å². The van der Waals surface area contributed by atoms with E-state index in [9.17, 15) is 8.42 Å². The van der Waals surface area contributed by atoms with Crippen LogP contribution in [0.2, 0.25) is 0 Å². The molecule has 0 aliphatic carbocycles. The Morgan fingerprint density at radius 2 is 1.63 bits per heavy atom. The van der Waals surface area contributed by atoms with E-state index >= 15 is 0 Å². The number of benzene rings is 3. The molecule has 4 rings (SSSR count). The van der Waals surface area contributed by atoms with Gasteiger partial charge in [0.2, 0.25) is 0 Å². The predicted molar refractivity (Wildman–Crippen MR) is 125 cm³/mol.